The smallest absolute Gasteiger partial charge is 0.295 e. The summed E-state index contributed by atoms with van der Waals surface area (Å²) < 4.78 is 7.57. The van der Waals surface area contributed by atoms with E-state index in [4.69, 9.17) is 4.74 Å². The number of carbonyl (C=O) groups excluding carboxylic acids is 2. The number of benzene rings is 1. The lowest BCUT2D eigenvalue weighted by Crippen LogP contribution is -2.32. The molecule has 1 aliphatic heterocycles. The molecular formula is C20H22BrN3O4. The van der Waals surface area contributed by atoms with Crippen molar-refractivity contribution in [2.24, 2.45) is 7.05 Å². The number of halogens is 1. The lowest BCUT2D eigenvalue weighted by atomic mass is 9.95. The molecule has 3 rings (SSSR count). The van der Waals surface area contributed by atoms with Gasteiger partial charge in [0.2, 0.25) is 0 Å². The number of methoxy groups -OCH3 is 1. The highest BCUT2D eigenvalue weighted by Gasteiger charge is 2.46. The number of aryl methyl sites for hydroxylation is 2. The second kappa shape index (κ2) is 7.89. The molecule has 1 unspecified atom stereocenters. The topological polar surface area (TPSA) is 84.7 Å². The van der Waals surface area contributed by atoms with Gasteiger partial charge in [-0.3, -0.25) is 14.3 Å². The van der Waals surface area contributed by atoms with E-state index < -0.39 is 17.7 Å². The summed E-state index contributed by atoms with van der Waals surface area (Å²) in [5.41, 5.74) is 2.58. The Hall–Kier alpha value is -2.45. The van der Waals surface area contributed by atoms with E-state index in [1.165, 1.54) is 12.0 Å². The van der Waals surface area contributed by atoms with Gasteiger partial charge in [0, 0.05) is 30.9 Å². The lowest BCUT2D eigenvalue weighted by molar-refractivity contribution is -0.140. The standard InChI is InChI=1S/C20H22BrN3O4/c1-11-15(12(2)23(3)22-11)18(25)16-17(13-6-5-7-14(21)10-13)24(8-9-28-4)20(27)19(16)26/h5-7,10,17,25H,8-9H2,1-4H3/b18-16+. The van der Waals surface area contributed by atoms with Crippen molar-refractivity contribution >= 4 is 33.4 Å². The average Bonchev–Trinajstić information content (AvgIpc) is 3.05. The minimum Gasteiger partial charge on any atom is -0.507 e. The summed E-state index contributed by atoms with van der Waals surface area (Å²) in [6.07, 6.45) is 0. The van der Waals surface area contributed by atoms with Gasteiger partial charge in [-0.15, -0.1) is 0 Å². The number of Topliss-reactive ketones (excluding diaryl/α,β-unsaturated/α-hetero) is 1. The van der Waals surface area contributed by atoms with Crippen LogP contribution < -0.4 is 0 Å². The zero-order chi connectivity index (χ0) is 20.6. The third kappa shape index (κ3) is 3.38. The molecule has 0 saturated carbocycles. The van der Waals surface area contributed by atoms with E-state index in [0.717, 1.165) is 10.0 Å². The molecule has 148 valence electrons. The summed E-state index contributed by atoms with van der Waals surface area (Å²) in [5, 5.41) is 15.4. The van der Waals surface area contributed by atoms with E-state index in [2.05, 4.69) is 21.0 Å². The van der Waals surface area contributed by atoms with Gasteiger partial charge in [0.1, 0.15) is 5.76 Å². The first-order valence-electron chi connectivity index (χ1n) is 8.81. The molecule has 8 heteroatoms. The molecule has 1 aliphatic rings. The Morgan fingerprint density at radius 2 is 2.04 bits per heavy atom. The van der Waals surface area contributed by atoms with Gasteiger partial charge in [0.25, 0.3) is 11.7 Å². The van der Waals surface area contributed by atoms with E-state index in [9.17, 15) is 14.7 Å². The van der Waals surface area contributed by atoms with Crippen LogP contribution in [0.5, 0.6) is 0 Å². The summed E-state index contributed by atoms with van der Waals surface area (Å²) in [5.74, 6) is -1.56. The van der Waals surface area contributed by atoms with Gasteiger partial charge in [-0.1, -0.05) is 28.1 Å². The van der Waals surface area contributed by atoms with Crippen LogP contribution >= 0.6 is 15.9 Å². The maximum Gasteiger partial charge on any atom is 0.295 e. The van der Waals surface area contributed by atoms with Gasteiger partial charge in [-0.05, 0) is 31.5 Å². The van der Waals surface area contributed by atoms with Crippen molar-refractivity contribution in [3.8, 4) is 0 Å². The van der Waals surface area contributed by atoms with E-state index >= 15 is 0 Å². The Morgan fingerprint density at radius 3 is 2.61 bits per heavy atom. The van der Waals surface area contributed by atoms with Gasteiger partial charge in [0.05, 0.1) is 29.5 Å². The molecule has 0 radical (unpaired) electrons. The van der Waals surface area contributed by atoms with Crippen molar-refractivity contribution in [2.45, 2.75) is 19.9 Å². The lowest BCUT2D eigenvalue weighted by Gasteiger charge is -2.25. The first kappa shape index (κ1) is 20.3. The first-order chi connectivity index (χ1) is 13.3. The molecule has 7 nitrogen and oxygen atoms in total. The van der Waals surface area contributed by atoms with Crippen LogP contribution in [0.4, 0.5) is 0 Å². The fourth-order valence-electron chi connectivity index (χ4n) is 3.57. The highest BCUT2D eigenvalue weighted by atomic mass is 79.9. The maximum absolute atomic E-state index is 12.9. The number of hydrogen-bond donors (Lipinski definition) is 1. The van der Waals surface area contributed by atoms with E-state index in [0.29, 0.717) is 17.0 Å². The Morgan fingerprint density at radius 1 is 1.32 bits per heavy atom. The van der Waals surface area contributed by atoms with Crippen molar-refractivity contribution in [1.82, 2.24) is 14.7 Å². The van der Waals surface area contributed by atoms with Crippen LogP contribution in [0.2, 0.25) is 0 Å². The second-order valence-corrected chi connectivity index (χ2v) is 7.63. The van der Waals surface area contributed by atoms with Crippen LogP contribution in [0.25, 0.3) is 5.76 Å². The van der Waals surface area contributed by atoms with Crippen molar-refractivity contribution in [2.75, 3.05) is 20.3 Å². The summed E-state index contributed by atoms with van der Waals surface area (Å²) in [4.78, 5) is 27.1. The van der Waals surface area contributed by atoms with Crippen LogP contribution in [0.3, 0.4) is 0 Å². The number of carbonyl (C=O) groups is 2. The Kier molecular flexibility index (Phi) is 5.71. The Balaban J connectivity index is 2.24. The van der Waals surface area contributed by atoms with Gasteiger partial charge >= 0.3 is 0 Å². The van der Waals surface area contributed by atoms with E-state index in [1.54, 1.807) is 18.7 Å². The molecule has 0 spiro atoms. The summed E-state index contributed by atoms with van der Waals surface area (Å²) in [6, 6.07) is 6.66. The summed E-state index contributed by atoms with van der Waals surface area (Å²) in [7, 11) is 3.30. The highest BCUT2D eigenvalue weighted by Crippen LogP contribution is 2.40. The minimum atomic E-state index is -0.707. The van der Waals surface area contributed by atoms with Crippen LogP contribution in [0.15, 0.2) is 34.3 Å². The third-order valence-corrected chi connectivity index (χ3v) is 5.48. The molecule has 0 bridgehead atoms. The number of amides is 1. The van der Waals surface area contributed by atoms with Crippen LogP contribution in [0.1, 0.15) is 28.6 Å². The number of rotatable bonds is 5. The van der Waals surface area contributed by atoms with Crippen LogP contribution in [-0.2, 0) is 21.4 Å². The number of likely N-dealkylation sites (tertiary alicyclic amines) is 1. The van der Waals surface area contributed by atoms with Crippen molar-refractivity contribution in [3.63, 3.8) is 0 Å². The molecule has 28 heavy (non-hydrogen) atoms. The Bertz CT molecular complexity index is 980. The fourth-order valence-corrected chi connectivity index (χ4v) is 3.99. The van der Waals surface area contributed by atoms with Crippen molar-refractivity contribution in [3.05, 3.63) is 56.8 Å². The predicted octanol–water partition coefficient (Wildman–Crippen LogP) is 2.87. The molecule has 1 aromatic heterocycles. The second-order valence-electron chi connectivity index (χ2n) is 6.71. The third-order valence-electron chi connectivity index (χ3n) is 4.99. The van der Waals surface area contributed by atoms with Gasteiger partial charge in [-0.25, -0.2) is 0 Å². The van der Waals surface area contributed by atoms with Gasteiger partial charge in [-0.2, -0.15) is 5.10 Å². The normalized spacial score (nSPS) is 18.9. The molecule has 1 amide bonds. The number of aliphatic hydroxyl groups is 1. The van der Waals surface area contributed by atoms with Gasteiger partial charge in [0.15, 0.2) is 0 Å². The zero-order valence-corrected chi connectivity index (χ0v) is 17.8. The van der Waals surface area contributed by atoms with Crippen molar-refractivity contribution in [1.29, 1.82) is 0 Å². The number of aromatic nitrogens is 2. The molecule has 2 heterocycles. The minimum absolute atomic E-state index is 0.0680. The number of nitrogens with zero attached hydrogens (tertiary/aromatic N) is 3. The number of aliphatic hydroxyl groups excluding tert-OH is 1. The quantitative estimate of drug-likeness (QED) is 0.432. The molecule has 2 aromatic rings. The molecule has 1 N–H and O–H groups in total. The van der Waals surface area contributed by atoms with Crippen molar-refractivity contribution < 1.29 is 19.4 Å². The molecule has 1 aromatic carbocycles. The summed E-state index contributed by atoms with van der Waals surface area (Å²) in [6.45, 7) is 4.09. The van der Waals surface area contributed by atoms with Crippen LogP contribution in [-0.4, -0.2) is 51.7 Å². The number of ketones is 1. The molecular weight excluding hydrogens is 426 g/mol. The monoisotopic (exact) mass is 447 g/mol. The van der Waals surface area contributed by atoms with E-state index in [-0.39, 0.29) is 24.5 Å². The van der Waals surface area contributed by atoms with Crippen LogP contribution in [0, 0.1) is 13.8 Å². The fraction of sp³-hybridized carbons (Fsp3) is 0.350. The largest absolute Gasteiger partial charge is 0.507 e. The molecule has 1 saturated heterocycles. The summed E-state index contributed by atoms with van der Waals surface area (Å²) >= 11 is 3.44. The number of hydrogen-bond acceptors (Lipinski definition) is 5. The predicted molar refractivity (Wildman–Crippen MR) is 108 cm³/mol. The molecule has 0 aliphatic carbocycles. The number of ether oxygens (including phenoxy) is 1. The first-order valence-corrected chi connectivity index (χ1v) is 9.60. The van der Waals surface area contributed by atoms with E-state index in [1.807, 2.05) is 31.2 Å². The zero-order valence-electron chi connectivity index (χ0n) is 16.2. The van der Waals surface area contributed by atoms with Gasteiger partial charge < -0.3 is 14.7 Å². The SMILES string of the molecule is COCCN1C(=O)C(=O)/C(=C(/O)c2c(C)nn(C)c2C)C1c1cccc(Br)c1. The highest BCUT2D eigenvalue weighted by molar-refractivity contribution is 9.10. The average molecular weight is 448 g/mol. The Labute approximate surface area is 171 Å². The molecule has 1 fully saturated rings. The maximum atomic E-state index is 12.9. The molecule has 1 atom stereocenters.